The van der Waals surface area contributed by atoms with Crippen LogP contribution in [0.1, 0.15) is 57.4 Å². The van der Waals surface area contributed by atoms with Crippen LogP contribution in [-0.4, -0.2) is 46.0 Å². The Morgan fingerprint density at radius 2 is 1.72 bits per heavy atom. The lowest BCUT2D eigenvalue weighted by atomic mass is 9.91. The van der Waals surface area contributed by atoms with Crippen molar-refractivity contribution >= 4 is 28.9 Å². The van der Waals surface area contributed by atoms with E-state index >= 15 is 0 Å². The molecule has 0 bridgehead atoms. The van der Waals surface area contributed by atoms with E-state index < -0.39 is 11.7 Å². The highest BCUT2D eigenvalue weighted by Crippen LogP contribution is 2.32. The topological polar surface area (TPSA) is 35.6 Å². The SMILES string of the molecule is CC(=O)N1CCC(N(C(=S)Nc2cccc(C(F)(F)F)c2)C2CCCCC2)CC1. The quantitative estimate of drug-likeness (QED) is 0.685. The predicted octanol–water partition coefficient (Wildman–Crippen LogP) is 5.05. The highest BCUT2D eigenvalue weighted by atomic mass is 32.1. The van der Waals surface area contributed by atoms with Crippen molar-refractivity contribution in [1.82, 2.24) is 9.80 Å². The second kappa shape index (κ2) is 9.32. The first-order valence-corrected chi connectivity index (χ1v) is 10.7. The lowest BCUT2D eigenvalue weighted by molar-refractivity contribution is -0.137. The molecule has 0 aromatic heterocycles. The average Bonchev–Trinajstić information content (AvgIpc) is 2.69. The fourth-order valence-electron chi connectivity index (χ4n) is 4.41. The number of halogens is 3. The van der Waals surface area contributed by atoms with Gasteiger partial charge in [-0.1, -0.05) is 25.3 Å². The van der Waals surface area contributed by atoms with Crippen molar-refractivity contribution in [2.24, 2.45) is 0 Å². The van der Waals surface area contributed by atoms with Crippen LogP contribution < -0.4 is 5.32 Å². The van der Waals surface area contributed by atoms with Gasteiger partial charge in [0.1, 0.15) is 0 Å². The number of likely N-dealkylation sites (tertiary alicyclic amines) is 1. The lowest BCUT2D eigenvalue weighted by Gasteiger charge is -2.45. The van der Waals surface area contributed by atoms with Gasteiger partial charge >= 0.3 is 6.18 Å². The van der Waals surface area contributed by atoms with Crippen molar-refractivity contribution in [3.05, 3.63) is 29.8 Å². The molecule has 4 nitrogen and oxygen atoms in total. The molecule has 160 valence electrons. The van der Waals surface area contributed by atoms with Crippen LogP contribution in [0.4, 0.5) is 18.9 Å². The number of hydrogen-bond donors (Lipinski definition) is 1. The molecule has 1 saturated heterocycles. The number of anilines is 1. The highest BCUT2D eigenvalue weighted by Gasteiger charge is 2.33. The molecule has 3 rings (SSSR count). The van der Waals surface area contributed by atoms with Crippen molar-refractivity contribution in [2.75, 3.05) is 18.4 Å². The number of carbonyl (C=O) groups is 1. The zero-order valence-corrected chi connectivity index (χ0v) is 17.5. The minimum atomic E-state index is -4.39. The predicted molar refractivity (Wildman–Crippen MR) is 112 cm³/mol. The molecule has 1 aliphatic heterocycles. The second-order valence-electron chi connectivity index (χ2n) is 7.95. The van der Waals surface area contributed by atoms with Gasteiger partial charge in [-0.3, -0.25) is 4.79 Å². The van der Waals surface area contributed by atoms with Gasteiger partial charge in [0, 0.05) is 37.8 Å². The van der Waals surface area contributed by atoms with Crippen LogP contribution in [-0.2, 0) is 11.0 Å². The summed E-state index contributed by atoms with van der Waals surface area (Å²) in [6.07, 6.45) is 2.82. The number of hydrogen-bond acceptors (Lipinski definition) is 2. The van der Waals surface area contributed by atoms with Crippen molar-refractivity contribution in [3.63, 3.8) is 0 Å². The van der Waals surface area contributed by atoms with Crippen molar-refractivity contribution in [3.8, 4) is 0 Å². The first-order valence-electron chi connectivity index (χ1n) is 10.3. The van der Waals surface area contributed by atoms with E-state index in [1.807, 2.05) is 4.90 Å². The molecule has 2 fully saturated rings. The summed E-state index contributed by atoms with van der Waals surface area (Å²) in [7, 11) is 0. The summed E-state index contributed by atoms with van der Waals surface area (Å²) >= 11 is 5.69. The standard InChI is InChI=1S/C21H28F3N3OS/c1-15(28)26-12-10-19(11-13-26)27(18-8-3-2-4-9-18)20(29)25-17-7-5-6-16(14-17)21(22,23)24/h5-7,14,18-19H,2-4,8-13H2,1H3,(H,25,29). The Labute approximate surface area is 175 Å². The summed E-state index contributed by atoms with van der Waals surface area (Å²) in [5.41, 5.74) is -0.337. The summed E-state index contributed by atoms with van der Waals surface area (Å²) in [6, 6.07) is 5.65. The molecule has 0 unspecified atom stereocenters. The Morgan fingerprint density at radius 1 is 1.10 bits per heavy atom. The van der Waals surface area contributed by atoms with E-state index in [9.17, 15) is 18.0 Å². The van der Waals surface area contributed by atoms with E-state index in [0.29, 0.717) is 29.9 Å². The third-order valence-electron chi connectivity index (χ3n) is 5.95. The molecular weight excluding hydrogens is 399 g/mol. The molecule has 2 aliphatic rings. The van der Waals surface area contributed by atoms with E-state index in [2.05, 4.69) is 10.2 Å². The maximum absolute atomic E-state index is 13.0. The van der Waals surface area contributed by atoms with Crippen molar-refractivity contribution in [2.45, 2.75) is 70.1 Å². The van der Waals surface area contributed by atoms with Gasteiger partial charge in [0.2, 0.25) is 5.91 Å². The normalized spacial score (nSPS) is 19.1. The number of nitrogens with zero attached hydrogens (tertiary/aromatic N) is 2. The van der Waals surface area contributed by atoms with E-state index in [4.69, 9.17) is 12.2 Å². The van der Waals surface area contributed by atoms with Gasteiger partial charge in [-0.15, -0.1) is 0 Å². The Kier molecular flexibility index (Phi) is 7.03. The Morgan fingerprint density at radius 3 is 2.31 bits per heavy atom. The van der Waals surface area contributed by atoms with Crippen molar-refractivity contribution < 1.29 is 18.0 Å². The number of amides is 1. The number of benzene rings is 1. The molecule has 29 heavy (non-hydrogen) atoms. The fraction of sp³-hybridized carbons (Fsp3) is 0.619. The zero-order chi connectivity index (χ0) is 21.0. The van der Waals surface area contributed by atoms with Crippen LogP contribution in [0.15, 0.2) is 24.3 Å². The summed E-state index contributed by atoms with van der Waals surface area (Å²) in [6.45, 7) is 2.96. The van der Waals surface area contributed by atoms with Crippen LogP contribution in [0.25, 0.3) is 0 Å². The van der Waals surface area contributed by atoms with Crippen molar-refractivity contribution in [1.29, 1.82) is 0 Å². The Balaban J connectivity index is 1.75. The molecule has 1 heterocycles. The molecule has 0 spiro atoms. The maximum Gasteiger partial charge on any atom is 0.416 e. The molecule has 8 heteroatoms. The van der Waals surface area contributed by atoms with Gasteiger partial charge in [0.15, 0.2) is 5.11 Å². The third-order valence-corrected chi connectivity index (χ3v) is 6.26. The van der Waals surface area contributed by atoms with E-state index in [-0.39, 0.29) is 11.9 Å². The molecule has 0 radical (unpaired) electrons. The first kappa shape index (κ1) is 21.9. The van der Waals surface area contributed by atoms with Gasteiger partial charge < -0.3 is 15.1 Å². The highest BCUT2D eigenvalue weighted by molar-refractivity contribution is 7.80. The van der Waals surface area contributed by atoms with E-state index in [1.54, 1.807) is 13.0 Å². The summed E-state index contributed by atoms with van der Waals surface area (Å²) in [4.78, 5) is 15.7. The smallest absolute Gasteiger partial charge is 0.343 e. The van der Waals surface area contributed by atoms with Crippen LogP contribution in [0, 0.1) is 0 Å². The monoisotopic (exact) mass is 427 g/mol. The first-order chi connectivity index (χ1) is 13.8. The Hall–Kier alpha value is -1.83. The fourth-order valence-corrected chi connectivity index (χ4v) is 4.83. The van der Waals surface area contributed by atoms with Gasteiger partial charge in [-0.2, -0.15) is 13.2 Å². The number of nitrogens with one attached hydrogen (secondary N) is 1. The summed E-state index contributed by atoms with van der Waals surface area (Å²) in [5, 5.41) is 3.54. The summed E-state index contributed by atoms with van der Waals surface area (Å²) < 4.78 is 39.1. The third kappa shape index (κ3) is 5.62. The van der Waals surface area contributed by atoms with E-state index in [0.717, 1.165) is 50.7 Å². The second-order valence-corrected chi connectivity index (χ2v) is 8.33. The summed E-state index contributed by atoms with van der Waals surface area (Å²) in [5.74, 6) is 0.0809. The average molecular weight is 428 g/mol. The zero-order valence-electron chi connectivity index (χ0n) is 16.7. The minimum Gasteiger partial charge on any atom is -0.343 e. The molecule has 1 aliphatic carbocycles. The number of rotatable bonds is 3. The number of carbonyl (C=O) groups excluding carboxylic acids is 1. The minimum absolute atomic E-state index is 0.0809. The lowest BCUT2D eigenvalue weighted by Crippen LogP contribution is -2.54. The molecular formula is C21H28F3N3OS. The number of alkyl halides is 3. The molecule has 1 N–H and O–H groups in total. The Bertz CT molecular complexity index is 726. The molecule has 1 amide bonds. The van der Waals surface area contributed by atoms with Crippen LogP contribution in [0.5, 0.6) is 0 Å². The molecule has 1 aromatic carbocycles. The van der Waals surface area contributed by atoms with Crippen LogP contribution in [0.2, 0.25) is 0 Å². The van der Waals surface area contributed by atoms with E-state index in [1.165, 1.54) is 12.5 Å². The van der Waals surface area contributed by atoms with Crippen LogP contribution >= 0.6 is 12.2 Å². The molecule has 0 atom stereocenters. The van der Waals surface area contributed by atoms with Gasteiger partial charge in [-0.25, -0.2) is 0 Å². The van der Waals surface area contributed by atoms with Gasteiger partial charge in [0.05, 0.1) is 5.56 Å². The van der Waals surface area contributed by atoms with Gasteiger partial charge in [-0.05, 0) is 56.1 Å². The maximum atomic E-state index is 13.0. The molecule has 1 aromatic rings. The number of thiocarbonyl (C=S) groups is 1. The van der Waals surface area contributed by atoms with Crippen LogP contribution in [0.3, 0.4) is 0 Å². The largest absolute Gasteiger partial charge is 0.416 e. The number of piperidine rings is 1. The van der Waals surface area contributed by atoms with Gasteiger partial charge in [0.25, 0.3) is 0 Å². The molecule has 1 saturated carbocycles.